The first-order valence-corrected chi connectivity index (χ1v) is 11.1. The molecule has 134 valence electrons. The molecule has 3 aromatic carbocycles. The van der Waals surface area contributed by atoms with Gasteiger partial charge in [0.15, 0.2) is 0 Å². The molecule has 2 heteroatoms. The molecule has 0 aromatic heterocycles. The van der Waals surface area contributed by atoms with Gasteiger partial charge in [0.25, 0.3) is 0 Å². The van der Waals surface area contributed by atoms with Crippen molar-refractivity contribution in [3.8, 4) is 0 Å². The lowest BCUT2D eigenvalue weighted by atomic mass is 10.3. The van der Waals surface area contributed by atoms with E-state index in [1.807, 2.05) is 0 Å². The molecule has 0 amide bonds. The Labute approximate surface area is 169 Å². The molecule has 26 heavy (non-hydrogen) atoms. The second-order valence-corrected chi connectivity index (χ2v) is 9.79. The number of unbranched alkanes of at least 4 members (excludes halogenated alkanes) is 1. The van der Waals surface area contributed by atoms with E-state index in [2.05, 4.69) is 110 Å². The normalized spacial score (nSPS) is 11.3. The Morgan fingerprint density at radius 2 is 1.00 bits per heavy atom. The van der Waals surface area contributed by atoms with Crippen LogP contribution in [-0.4, -0.2) is 6.16 Å². The molecule has 0 fully saturated rings. The van der Waals surface area contributed by atoms with E-state index in [9.17, 15) is 0 Å². The van der Waals surface area contributed by atoms with Crippen LogP contribution in [0.4, 0.5) is 0 Å². The third-order valence-electron chi connectivity index (χ3n) is 4.59. The Kier molecular flexibility index (Phi) is 8.29. The summed E-state index contributed by atoms with van der Waals surface area (Å²) in [5, 5.41) is 4.36. The summed E-state index contributed by atoms with van der Waals surface area (Å²) in [6, 6.07) is 33.2. The number of benzene rings is 3. The van der Waals surface area contributed by atoms with Crippen molar-refractivity contribution >= 4 is 23.2 Å². The van der Waals surface area contributed by atoms with E-state index in [0.717, 1.165) is 12.6 Å². The minimum atomic E-state index is -1.68. The quantitative estimate of drug-likeness (QED) is 0.403. The molecular weight excluding hydrogens is 399 g/mol. The standard InChI is InChI=1S/C24H26P.BrH/c1-2-3-4-14-21-25(22-15-8-5-9-16-22,23-17-10-6-11-18-23)24-19-12-7-13-20-24;/h4-20H,2-3,21H2,1H3;1H/q+1;/p-1/b14-4+;. The molecule has 3 aromatic rings. The first-order chi connectivity index (χ1) is 12.4. The Balaban J connectivity index is 0.00000243. The Bertz CT molecular complexity index is 686. The molecule has 0 saturated carbocycles. The highest BCUT2D eigenvalue weighted by molar-refractivity contribution is 7.95. The van der Waals surface area contributed by atoms with Crippen LogP contribution in [0.5, 0.6) is 0 Å². The van der Waals surface area contributed by atoms with Crippen molar-refractivity contribution < 1.29 is 17.0 Å². The third kappa shape index (κ3) is 4.53. The summed E-state index contributed by atoms with van der Waals surface area (Å²) in [6.07, 6.45) is 8.18. The zero-order valence-electron chi connectivity index (χ0n) is 15.3. The Morgan fingerprint density at radius 3 is 1.35 bits per heavy atom. The summed E-state index contributed by atoms with van der Waals surface area (Å²) >= 11 is 0. The van der Waals surface area contributed by atoms with Crippen molar-refractivity contribution in [3.63, 3.8) is 0 Å². The molecule has 0 atom stereocenters. The third-order valence-corrected chi connectivity index (χ3v) is 8.89. The Hall–Kier alpha value is -1.69. The maximum Gasteiger partial charge on any atom is 0.115 e. The van der Waals surface area contributed by atoms with Crippen LogP contribution < -0.4 is 32.9 Å². The van der Waals surface area contributed by atoms with Crippen molar-refractivity contribution in [1.82, 2.24) is 0 Å². The van der Waals surface area contributed by atoms with E-state index in [-0.39, 0.29) is 17.0 Å². The maximum absolute atomic E-state index is 2.41. The summed E-state index contributed by atoms with van der Waals surface area (Å²) in [5.74, 6) is 0. The summed E-state index contributed by atoms with van der Waals surface area (Å²) in [7, 11) is -1.68. The highest BCUT2D eigenvalue weighted by Gasteiger charge is 2.43. The summed E-state index contributed by atoms with van der Waals surface area (Å²) in [5.41, 5.74) is 0. The minimum absolute atomic E-state index is 0. The second kappa shape index (κ2) is 10.5. The van der Waals surface area contributed by atoms with Crippen LogP contribution in [0, 0.1) is 0 Å². The lowest BCUT2D eigenvalue weighted by molar-refractivity contribution is -0.00000493. The average Bonchev–Trinajstić information content (AvgIpc) is 2.70. The van der Waals surface area contributed by atoms with E-state index in [1.165, 1.54) is 22.3 Å². The fourth-order valence-corrected chi connectivity index (χ4v) is 7.36. The van der Waals surface area contributed by atoms with E-state index in [1.54, 1.807) is 0 Å². The monoisotopic (exact) mass is 424 g/mol. The van der Waals surface area contributed by atoms with Crippen molar-refractivity contribution in [1.29, 1.82) is 0 Å². The Morgan fingerprint density at radius 1 is 0.615 bits per heavy atom. The topological polar surface area (TPSA) is 0 Å². The molecular formula is C24H26BrP. The predicted octanol–water partition coefficient (Wildman–Crippen LogP) is 2.34. The SMILES string of the molecule is CCC/C=C/C[P+](c1ccccc1)(c1ccccc1)c1ccccc1.[Br-]. The van der Waals surface area contributed by atoms with Crippen LogP contribution in [-0.2, 0) is 0 Å². The van der Waals surface area contributed by atoms with Crippen molar-refractivity contribution in [2.24, 2.45) is 0 Å². The van der Waals surface area contributed by atoms with Crippen LogP contribution >= 0.6 is 7.26 Å². The molecule has 0 spiro atoms. The molecule has 0 aliphatic rings. The van der Waals surface area contributed by atoms with Gasteiger partial charge in [-0.05, 0) is 42.8 Å². The first kappa shape index (κ1) is 20.6. The molecule has 0 unspecified atom stereocenters. The van der Waals surface area contributed by atoms with Gasteiger partial charge >= 0.3 is 0 Å². The summed E-state index contributed by atoms with van der Waals surface area (Å²) in [4.78, 5) is 0. The number of hydrogen-bond donors (Lipinski definition) is 0. The molecule has 0 bridgehead atoms. The van der Waals surface area contributed by atoms with Gasteiger partial charge in [-0.1, -0.05) is 80.1 Å². The van der Waals surface area contributed by atoms with Crippen molar-refractivity contribution in [3.05, 3.63) is 103 Å². The second-order valence-electron chi connectivity index (χ2n) is 6.26. The lowest BCUT2D eigenvalue weighted by Gasteiger charge is -2.26. The number of allylic oxidation sites excluding steroid dienone is 2. The van der Waals surface area contributed by atoms with Gasteiger partial charge in [0.1, 0.15) is 23.2 Å². The average molecular weight is 425 g/mol. The van der Waals surface area contributed by atoms with Crippen LogP contribution in [0.1, 0.15) is 19.8 Å². The van der Waals surface area contributed by atoms with Gasteiger partial charge in [0, 0.05) is 0 Å². The van der Waals surface area contributed by atoms with Crippen LogP contribution in [0.2, 0.25) is 0 Å². The zero-order chi connectivity index (χ0) is 17.4. The summed E-state index contributed by atoms with van der Waals surface area (Å²) in [6.45, 7) is 2.23. The summed E-state index contributed by atoms with van der Waals surface area (Å²) < 4.78 is 0. The smallest absolute Gasteiger partial charge is 0.115 e. The molecule has 0 nitrogen and oxygen atoms in total. The molecule has 3 rings (SSSR count). The molecule has 0 saturated heterocycles. The largest absolute Gasteiger partial charge is 1.00 e. The maximum atomic E-state index is 2.41. The van der Waals surface area contributed by atoms with Gasteiger partial charge in [-0.15, -0.1) is 0 Å². The number of rotatable bonds is 7. The van der Waals surface area contributed by atoms with E-state index in [4.69, 9.17) is 0 Å². The first-order valence-electron chi connectivity index (χ1n) is 9.08. The van der Waals surface area contributed by atoms with E-state index < -0.39 is 7.26 Å². The molecule has 0 heterocycles. The van der Waals surface area contributed by atoms with Gasteiger partial charge in [-0.2, -0.15) is 0 Å². The minimum Gasteiger partial charge on any atom is -1.00 e. The molecule has 0 aliphatic heterocycles. The van der Waals surface area contributed by atoms with Crippen molar-refractivity contribution in [2.45, 2.75) is 19.8 Å². The van der Waals surface area contributed by atoms with Gasteiger partial charge in [0.2, 0.25) is 0 Å². The highest BCUT2D eigenvalue weighted by Crippen LogP contribution is 2.55. The lowest BCUT2D eigenvalue weighted by Crippen LogP contribution is -3.00. The number of hydrogen-bond acceptors (Lipinski definition) is 0. The number of halogens is 1. The molecule has 0 radical (unpaired) electrons. The predicted molar refractivity (Wildman–Crippen MR) is 114 cm³/mol. The van der Waals surface area contributed by atoms with Gasteiger partial charge in [-0.3, -0.25) is 0 Å². The van der Waals surface area contributed by atoms with Gasteiger partial charge < -0.3 is 17.0 Å². The van der Waals surface area contributed by atoms with Crippen LogP contribution in [0.25, 0.3) is 0 Å². The molecule has 0 aliphatic carbocycles. The van der Waals surface area contributed by atoms with E-state index in [0.29, 0.717) is 0 Å². The van der Waals surface area contributed by atoms with Crippen LogP contribution in [0.15, 0.2) is 103 Å². The van der Waals surface area contributed by atoms with Gasteiger partial charge in [-0.25, -0.2) is 0 Å². The van der Waals surface area contributed by atoms with Gasteiger partial charge in [0.05, 0.1) is 6.16 Å². The van der Waals surface area contributed by atoms with Crippen molar-refractivity contribution in [2.75, 3.05) is 6.16 Å². The highest BCUT2D eigenvalue weighted by atomic mass is 79.9. The fourth-order valence-electron chi connectivity index (χ4n) is 3.33. The molecule has 0 N–H and O–H groups in total. The zero-order valence-corrected chi connectivity index (χ0v) is 17.7. The van der Waals surface area contributed by atoms with Crippen LogP contribution in [0.3, 0.4) is 0 Å². The fraction of sp³-hybridized carbons (Fsp3) is 0.167. The van der Waals surface area contributed by atoms with E-state index >= 15 is 0 Å².